The Bertz CT molecular complexity index is 1270. The van der Waals surface area contributed by atoms with Gasteiger partial charge in [-0.05, 0) is 42.5 Å². The predicted octanol–water partition coefficient (Wildman–Crippen LogP) is 6.71. The molecule has 5 rings (SSSR count). The highest BCUT2D eigenvalue weighted by Gasteiger charge is 2.29. The van der Waals surface area contributed by atoms with Gasteiger partial charge in [-0.1, -0.05) is 40.9 Å². The lowest BCUT2D eigenvalue weighted by molar-refractivity contribution is -0.0165. The SMILES string of the molecule is O=C1/C(=C/c2cc(Cl)cc3c2OCOC3)Oc2cc(OCc3ccc(Cl)cc3Cl)ccc21. The van der Waals surface area contributed by atoms with Crippen molar-refractivity contribution in [1.82, 2.24) is 0 Å². The molecule has 0 bridgehead atoms. The fourth-order valence-corrected chi connectivity index (χ4v) is 4.23. The molecule has 0 aliphatic carbocycles. The van der Waals surface area contributed by atoms with E-state index >= 15 is 0 Å². The van der Waals surface area contributed by atoms with Gasteiger partial charge in [-0.25, -0.2) is 0 Å². The summed E-state index contributed by atoms with van der Waals surface area (Å²) in [5.74, 6) is 1.54. The van der Waals surface area contributed by atoms with Crippen molar-refractivity contribution in [2.24, 2.45) is 0 Å². The van der Waals surface area contributed by atoms with Crippen LogP contribution in [0.1, 0.15) is 27.0 Å². The van der Waals surface area contributed by atoms with Gasteiger partial charge in [0.05, 0.1) is 12.2 Å². The smallest absolute Gasteiger partial charge is 0.231 e. The number of hydrogen-bond acceptors (Lipinski definition) is 5. The van der Waals surface area contributed by atoms with Crippen LogP contribution in [0.5, 0.6) is 17.2 Å². The summed E-state index contributed by atoms with van der Waals surface area (Å²) >= 11 is 18.3. The molecule has 0 N–H and O–H groups in total. The summed E-state index contributed by atoms with van der Waals surface area (Å²) in [6.07, 6.45) is 1.63. The Hall–Kier alpha value is -2.70. The lowest BCUT2D eigenvalue weighted by atomic mass is 10.1. The fourth-order valence-electron chi connectivity index (χ4n) is 3.51. The first-order valence-corrected chi connectivity index (χ1v) is 10.8. The van der Waals surface area contributed by atoms with E-state index in [2.05, 4.69) is 0 Å². The first-order valence-electron chi connectivity index (χ1n) is 9.66. The molecular weight excluding hydrogens is 475 g/mol. The van der Waals surface area contributed by atoms with Crippen LogP contribution in [0.15, 0.2) is 54.3 Å². The topological polar surface area (TPSA) is 54.0 Å². The monoisotopic (exact) mass is 488 g/mol. The highest BCUT2D eigenvalue weighted by Crippen LogP contribution is 2.38. The molecule has 0 atom stereocenters. The van der Waals surface area contributed by atoms with E-state index < -0.39 is 0 Å². The zero-order chi connectivity index (χ0) is 22.2. The first kappa shape index (κ1) is 21.2. The van der Waals surface area contributed by atoms with Crippen LogP contribution >= 0.6 is 34.8 Å². The van der Waals surface area contributed by atoms with Gasteiger partial charge in [0.15, 0.2) is 12.6 Å². The van der Waals surface area contributed by atoms with E-state index in [0.717, 1.165) is 11.1 Å². The number of ether oxygens (including phenoxy) is 4. The van der Waals surface area contributed by atoms with E-state index in [1.54, 1.807) is 54.6 Å². The maximum absolute atomic E-state index is 12.9. The number of halogens is 3. The second-order valence-corrected chi connectivity index (χ2v) is 8.50. The zero-order valence-corrected chi connectivity index (χ0v) is 18.8. The van der Waals surface area contributed by atoms with Crippen LogP contribution in [0, 0.1) is 0 Å². The third-order valence-electron chi connectivity index (χ3n) is 5.04. The number of fused-ring (bicyclic) bond motifs is 2. The summed E-state index contributed by atoms with van der Waals surface area (Å²) < 4.78 is 22.6. The van der Waals surface area contributed by atoms with Crippen LogP contribution < -0.4 is 14.2 Å². The molecule has 162 valence electrons. The van der Waals surface area contributed by atoms with Crippen LogP contribution in [0.25, 0.3) is 6.08 Å². The molecule has 0 spiro atoms. The van der Waals surface area contributed by atoms with Crippen LogP contribution in [0.3, 0.4) is 0 Å². The van der Waals surface area contributed by atoms with Gasteiger partial charge >= 0.3 is 0 Å². The number of rotatable bonds is 4. The second-order valence-electron chi connectivity index (χ2n) is 7.22. The minimum atomic E-state index is -0.229. The average molecular weight is 490 g/mol. The summed E-state index contributed by atoms with van der Waals surface area (Å²) in [4.78, 5) is 12.9. The zero-order valence-electron chi connectivity index (χ0n) is 16.5. The number of carbonyl (C=O) groups is 1. The molecule has 0 saturated heterocycles. The Morgan fingerprint density at radius 3 is 2.72 bits per heavy atom. The lowest BCUT2D eigenvalue weighted by Gasteiger charge is -2.20. The van der Waals surface area contributed by atoms with Crippen LogP contribution in [0.2, 0.25) is 15.1 Å². The largest absolute Gasteiger partial charge is 0.489 e. The molecule has 0 amide bonds. The van der Waals surface area contributed by atoms with Crippen molar-refractivity contribution in [3.8, 4) is 17.2 Å². The Labute approximate surface area is 199 Å². The van der Waals surface area contributed by atoms with Crippen molar-refractivity contribution in [1.29, 1.82) is 0 Å². The predicted molar refractivity (Wildman–Crippen MR) is 122 cm³/mol. The molecular formula is C24H15Cl3O5. The molecule has 2 heterocycles. The van der Waals surface area contributed by atoms with Gasteiger partial charge in [-0.15, -0.1) is 0 Å². The minimum absolute atomic E-state index is 0.137. The Kier molecular flexibility index (Phi) is 5.74. The van der Waals surface area contributed by atoms with Crippen LogP contribution in [-0.2, 0) is 18.0 Å². The van der Waals surface area contributed by atoms with Crippen molar-refractivity contribution >= 4 is 46.7 Å². The number of carbonyl (C=O) groups excluding carboxylic acids is 1. The third kappa shape index (κ3) is 4.17. The van der Waals surface area contributed by atoms with E-state index in [1.807, 2.05) is 0 Å². The number of ketones is 1. The maximum Gasteiger partial charge on any atom is 0.231 e. The summed E-state index contributed by atoms with van der Waals surface area (Å²) in [5, 5.41) is 1.60. The van der Waals surface area contributed by atoms with Crippen LogP contribution in [0.4, 0.5) is 0 Å². The molecule has 0 unspecified atom stereocenters. The average Bonchev–Trinajstić information content (AvgIpc) is 3.07. The van der Waals surface area contributed by atoms with Crippen molar-refractivity contribution in [3.05, 3.63) is 91.6 Å². The van der Waals surface area contributed by atoms with E-state index in [9.17, 15) is 4.79 Å². The first-order chi connectivity index (χ1) is 15.5. The van der Waals surface area contributed by atoms with Gasteiger partial charge in [-0.2, -0.15) is 0 Å². The van der Waals surface area contributed by atoms with Crippen LogP contribution in [-0.4, -0.2) is 12.6 Å². The van der Waals surface area contributed by atoms with E-state index in [4.69, 9.17) is 53.8 Å². The number of allylic oxidation sites excluding steroid dienone is 1. The number of hydrogen-bond donors (Lipinski definition) is 0. The molecule has 2 aliphatic heterocycles. The van der Waals surface area contributed by atoms with Gasteiger partial charge in [-0.3, -0.25) is 4.79 Å². The molecule has 3 aromatic carbocycles. The fraction of sp³-hybridized carbons (Fsp3) is 0.125. The standard InChI is InChI=1S/C24H15Cl3O5/c25-16-2-1-13(20(27)8-16)11-30-18-3-4-19-21(9-18)32-22(23(19)28)7-14-5-17(26)6-15-10-29-12-31-24(14)15/h1-9H,10-12H2/b22-7-. The van der Waals surface area contributed by atoms with Crippen molar-refractivity contribution in [2.75, 3.05) is 6.79 Å². The summed E-state index contributed by atoms with van der Waals surface area (Å²) in [5.41, 5.74) is 2.72. The van der Waals surface area contributed by atoms with Gasteiger partial charge < -0.3 is 18.9 Å². The molecule has 0 aromatic heterocycles. The number of benzene rings is 3. The quantitative estimate of drug-likeness (QED) is 0.381. The van der Waals surface area contributed by atoms with E-state index in [1.165, 1.54) is 0 Å². The summed E-state index contributed by atoms with van der Waals surface area (Å²) in [6, 6.07) is 13.8. The van der Waals surface area contributed by atoms with Gasteiger partial charge in [0.2, 0.25) is 5.78 Å². The molecule has 3 aromatic rings. The van der Waals surface area contributed by atoms with Gasteiger partial charge in [0, 0.05) is 37.8 Å². The Morgan fingerprint density at radius 2 is 1.88 bits per heavy atom. The maximum atomic E-state index is 12.9. The summed E-state index contributed by atoms with van der Waals surface area (Å²) in [7, 11) is 0. The highest BCUT2D eigenvalue weighted by molar-refractivity contribution is 6.35. The second kappa shape index (κ2) is 8.68. The minimum Gasteiger partial charge on any atom is -0.489 e. The van der Waals surface area contributed by atoms with Crippen molar-refractivity contribution in [3.63, 3.8) is 0 Å². The highest BCUT2D eigenvalue weighted by atomic mass is 35.5. The third-order valence-corrected chi connectivity index (χ3v) is 5.85. The molecule has 2 aliphatic rings. The molecule has 0 fully saturated rings. The molecule has 0 radical (unpaired) electrons. The molecule has 8 heteroatoms. The Balaban J connectivity index is 1.38. The number of Topliss-reactive ketones (excluding diaryl/α,β-unsaturated/α-hetero) is 1. The summed E-state index contributed by atoms with van der Waals surface area (Å²) in [6.45, 7) is 0.775. The lowest BCUT2D eigenvalue weighted by Crippen LogP contribution is -2.12. The van der Waals surface area contributed by atoms with Crippen molar-refractivity contribution in [2.45, 2.75) is 13.2 Å². The van der Waals surface area contributed by atoms with E-state index in [-0.39, 0.29) is 24.9 Å². The van der Waals surface area contributed by atoms with Crippen molar-refractivity contribution < 1.29 is 23.7 Å². The molecule has 5 nitrogen and oxygen atoms in total. The Morgan fingerprint density at radius 1 is 1.00 bits per heavy atom. The van der Waals surface area contributed by atoms with Gasteiger partial charge in [0.1, 0.15) is 23.9 Å². The van der Waals surface area contributed by atoms with Gasteiger partial charge in [0.25, 0.3) is 0 Å². The molecule has 0 saturated carbocycles. The van der Waals surface area contributed by atoms with E-state index in [0.29, 0.717) is 50.1 Å². The normalized spacial score (nSPS) is 15.7. The molecule has 32 heavy (non-hydrogen) atoms.